The van der Waals surface area contributed by atoms with E-state index in [9.17, 15) is 14.9 Å². The predicted molar refractivity (Wildman–Crippen MR) is 86.9 cm³/mol. The van der Waals surface area contributed by atoms with Gasteiger partial charge in [-0.15, -0.1) is 0 Å². The smallest absolute Gasteiger partial charge is 0.273 e. The number of hydrogen-bond acceptors (Lipinski definition) is 3. The SMILES string of the molecule is O=C(Cc1ccccc1[N+](=O)[O-])Nc1c(Cl)cc(Cl)cc1Cl. The van der Waals surface area contributed by atoms with Crippen LogP contribution in [0.4, 0.5) is 11.4 Å². The fraction of sp³-hybridized carbons (Fsp3) is 0.0714. The molecule has 0 aliphatic rings. The van der Waals surface area contributed by atoms with Crippen molar-refractivity contribution >= 4 is 52.1 Å². The molecule has 0 aliphatic carbocycles. The van der Waals surface area contributed by atoms with E-state index in [0.29, 0.717) is 10.6 Å². The van der Waals surface area contributed by atoms with E-state index in [4.69, 9.17) is 34.8 Å². The summed E-state index contributed by atoms with van der Waals surface area (Å²) >= 11 is 17.7. The molecule has 0 radical (unpaired) electrons. The Morgan fingerprint density at radius 2 is 1.73 bits per heavy atom. The predicted octanol–water partition coefficient (Wildman–Crippen LogP) is 4.74. The van der Waals surface area contributed by atoms with Crippen LogP contribution in [-0.2, 0) is 11.2 Å². The topological polar surface area (TPSA) is 72.2 Å². The summed E-state index contributed by atoms with van der Waals surface area (Å²) in [5.74, 6) is -0.472. The lowest BCUT2D eigenvalue weighted by Gasteiger charge is -2.10. The van der Waals surface area contributed by atoms with E-state index in [2.05, 4.69) is 5.32 Å². The maximum absolute atomic E-state index is 12.1. The summed E-state index contributed by atoms with van der Waals surface area (Å²) in [4.78, 5) is 22.4. The molecule has 1 amide bonds. The molecule has 0 fully saturated rings. The summed E-state index contributed by atoms with van der Waals surface area (Å²) in [5.41, 5.74) is 0.397. The van der Waals surface area contributed by atoms with Crippen LogP contribution in [0.2, 0.25) is 15.1 Å². The van der Waals surface area contributed by atoms with Gasteiger partial charge in [0.15, 0.2) is 0 Å². The summed E-state index contributed by atoms with van der Waals surface area (Å²) in [6.07, 6.45) is -0.174. The Morgan fingerprint density at radius 1 is 1.14 bits per heavy atom. The van der Waals surface area contributed by atoms with E-state index in [0.717, 1.165) is 0 Å². The van der Waals surface area contributed by atoms with Gasteiger partial charge in [-0.2, -0.15) is 0 Å². The van der Waals surface area contributed by atoms with Gasteiger partial charge < -0.3 is 5.32 Å². The van der Waals surface area contributed by atoms with Crippen LogP contribution < -0.4 is 5.32 Å². The van der Waals surface area contributed by atoms with Gasteiger partial charge in [0.1, 0.15) is 0 Å². The van der Waals surface area contributed by atoms with Crippen LogP contribution in [-0.4, -0.2) is 10.8 Å². The van der Waals surface area contributed by atoms with Crippen molar-refractivity contribution in [2.45, 2.75) is 6.42 Å². The number of para-hydroxylation sites is 1. The van der Waals surface area contributed by atoms with E-state index < -0.39 is 10.8 Å². The van der Waals surface area contributed by atoms with Crippen LogP contribution in [0.1, 0.15) is 5.56 Å². The number of carbonyl (C=O) groups is 1. The van der Waals surface area contributed by atoms with Crippen molar-refractivity contribution < 1.29 is 9.72 Å². The van der Waals surface area contributed by atoms with Gasteiger partial charge in [0.25, 0.3) is 5.69 Å². The van der Waals surface area contributed by atoms with Crippen LogP contribution in [0.25, 0.3) is 0 Å². The number of benzene rings is 2. The molecule has 0 saturated carbocycles. The van der Waals surface area contributed by atoms with Crippen molar-refractivity contribution in [1.29, 1.82) is 0 Å². The van der Waals surface area contributed by atoms with Gasteiger partial charge >= 0.3 is 0 Å². The van der Waals surface area contributed by atoms with E-state index >= 15 is 0 Å². The summed E-state index contributed by atoms with van der Waals surface area (Å²) in [6.45, 7) is 0. The van der Waals surface area contributed by atoms with Crippen LogP contribution in [0.3, 0.4) is 0 Å². The molecule has 0 heterocycles. The number of nitrogens with zero attached hydrogens (tertiary/aromatic N) is 1. The van der Waals surface area contributed by atoms with Crippen molar-refractivity contribution in [3.05, 3.63) is 67.1 Å². The lowest BCUT2D eigenvalue weighted by molar-refractivity contribution is -0.385. The monoisotopic (exact) mass is 358 g/mol. The van der Waals surface area contributed by atoms with Gasteiger partial charge in [-0.1, -0.05) is 53.0 Å². The second-order valence-corrected chi connectivity index (χ2v) is 5.61. The highest BCUT2D eigenvalue weighted by molar-refractivity contribution is 6.42. The van der Waals surface area contributed by atoms with Gasteiger partial charge in [-0.05, 0) is 12.1 Å². The zero-order valence-corrected chi connectivity index (χ0v) is 13.2. The largest absolute Gasteiger partial charge is 0.323 e. The van der Waals surface area contributed by atoms with E-state index in [1.165, 1.54) is 30.3 Å². The quantitative estimate of drug-likeness (QED) is 0.633. The maximum atomic E-state index is 12.1. The Kier molecular flexibility index (Phi) is 5.24. The third-order valence-corrected chi connectivity index (χ3v) is 3.63. The number of hydrogen-bond donors (Lipinski definition) is 1. The first kappa shape index (κ1) is 16.5. The van der Waals surface area contributed by atoms with Crippen molar-refractivity contribution in [2.75, 3.05) is 5.32 Å². The first-order chi connectivity index (χ1) is 10.4. The van der Waals surface area contributed by atoms with Crippen LogP contribution in [0.15, 0.2) is 36.4 Å². The summed E-state index contributed by atoms with van der Waals surface area (Å²) in [6, 6.07) is 8.89. The average Bonchev–Trinajstić information content (AvgIpc) is 2.43. The lowest BCUT2D eigenvalue weighted by Crippen LogP contribution is -2.15. The Bertz CT molecular complexity index is 727. The number of nitrogens with one attached hydrogen (secondary N) is 1. The maximum Gasteiger partial charge on any atom is 0.273 e. The minimum Gasteiger partial charge on any atom is -0.323 e. The van der Waals surface area contributed by atoms with Gasteiger partial charge in [0.2, 0.25) is 5.91 Å². The molecule has 0 unspecified atom stereocenters. The molecule has 1 N–H and O–H groups in total. The Balaban J connectivity index is 2.20. The standard InChI is InChI=1S/C14H9Cl3N2O3/c15-9-6-10(16)14(11(17)7-9)18-13(20)5-8-3-1-2-4-12(8)19(21)22/h1-4,6-7H,5H2,(H,18,20). The molecule has 0 aliphatic heterocycles. The fourth-order valence-corrected chi connectivity index (χ4v) is 2.77. The average molecular weight is 360 g/mol. The number of nitro benzene ring substituents is 1. The number of carbonyl (C=O) groups excluding carboxylic acids is 1. The Morgan fingerprint density at radius 3 is 2.32 bits per heavy atom. The molecule has 0 spiro atoms. The first-order valence-corrected chi connectivity index (χ1v) is 7.18. The molecule has 2 aromatic rings. The zero-order chi connectivity index (χ0) is 16.3. The Labute approximate surface area is 140 Å². The second-order valence-electron chi connectivity index (χ2n) is 4.36. The molecule has 22 heavy (non-hydrogen) atoms. The highest BCUT2D eigenvalue weighted by Gasteiger charge is 2.17. The zero-order valence-electron chi connectivity index (χ0n) is 11.0. The van der Waals surface area contributed by atoms with Crippen LogP contribution >= 0.6 is 34.8 Å². The van der Waals surface area contributed by atoms with Crippen molar-refractivity contribution in [3.63, 3.8) is 0 Å². The number of anilines is 1. The molecule has 2 aromatic carbocycles. The number of nitro groups is 1. The highest BCUT2D eigenvalue weighted by Crippen LogP contribution is 2.33. The normalized spacial score (nSPS) is 10.3. The molecule has 0 aromatic heterocycles. The second kappa shape index (κ2) is 6.96. The van der Waals surface area contributed by atoms with Gasteiger partial charge in [0, 0.05) is 16.7 Å². The van der Waals surface area contributed by atoms with Crippen LogP contribution in [0, 0.1) is 10.1 Å². The lowest BCUT2D eigenvalue weighted by atomic mass is 10.1. The van der Waals surface area contributed by atoms with Gasteiger partial charge in [0.05, 0.1) is 27.1 Å². The molecule has 0 bridgehead atoms. The number of amides is 1. The van der Waals surface area contributed by atoms with Gasteiger partial charge in [-0.3, -0.25) is 14.9 Å². The van der Waals surface area contributed by atoms with Crippen molar-refractivity contribution in [1.82, 2.24) is 0 Å². The third kappa shape index (κ3) is 3.88. The van der Waals surface area contributed by atoms with E-state index in [1.54, 1.807) is 6.07 Å². The van der Waals surface area contributed by atoms with Crippen molar-refractivity contribution in [3.8, 4) is 0 Å². The molecule has 8 heteroatoms. The summed E-state index contributed by atoms with van der Waals surface area (Å²) < 4.78 is 0. The number of halogens is 3. The van der Waals surface area contributed by atoms with E-state index in [1.807, 2.05) is 0 Å². The first-order valence-electron chi connectivity index (χ1n) is 6.05. The number of rotatable bonds is 4. The Hall–Kier alpha value is -1.82. The molecular weight excluding hydrogens is 351 g/mol. The minimum atomic E-state index is -0.537. The third-order valence-electron chi connectivity index (χ3n) is 2.81. The van der Waals surface area contributed by atoms with E-state index in [-0.39, 0.29) is 27.8 Å². The summed E-state index contributed by atoms with van der Waals surface area (Å²) in [7, 11) is 0. The van der Waals surface area contributed by atoms with Crippen molar-refractivity contribution in [2.24, 2.45) is 0 Å². The summed E-state index contributed by atoms with van der Waals surface area (Å²) in [5, 5.41) is 14.2. The fourth-order valence-electron chi connectivity index (χ4n) is 1.86. The molecule has 0 saturated heterocycles. The molecule has 0 atom stereocenters. The van der Waals surface area contributed by atoms with Gasteiger partial charge in [-0.25, -0.2) is 0 Å². The van der Waals surface area contributed by atoms with Crippen LogP contribution in [0.5, 0.6) is 0 Å². The highest BCUT2D eigenvalue weighted by atomic mass is 35.5. The molecule has 5 nitrogen and oxygen atoms in total. The molecule has 114 valence electrons. The minimum absolute atomic E-state index is 0.119. The molecule has 2 rings (SSSR count). The molecular formula is C14H9Cl3N2O3.